The topological polar surface area (TPSA) is 30.0 Å². The molecule has 3 rings (SSSR count). The molecular formula is C20H17ClF3NO. The number of nitrogens with zero attached hydrogens (tertiary/aromatic N) is 1. The second-order valence-electron chi connectivity index (χ2n) is 6.38. The van der Waals surface area contributed by atoms with Crippen molar-refractivity contribution >= 4 is 23.0 Å². The fraction of sp³-hybridized carbons (Fsp3) is 0.300. The van der Waals surface area contributed by atoms with Crippen LogP contribution in [-0.4, -0.2) is 10.8 Å². The van der Waals surface area contributed by atoms with Crippen LogP contribution in [0.2, 0.25) is 5.02 Å². The molecule has 0 saturated heterocycles. The van der Waals surface area contributed by atoms with Gasteiger partial charge in [-0.05, 0) is 48.1 Å². The van der Waals surface area contributed by atoms with Gasteiger partial charge in [0.05, 0.1) is 16.3 Å². The molecule has 0 N–H and O–H groups in total. The Morgan fingerprint density at radius 1 is 1.27 bits per heavy atom. The summed E-state index contributed by atoms with van der Waals surface area (Å²) >= 11 is 5.91. The van der Waals surface area contributed by atoms with E-state index in [1.165, 1.54) is 12.1 Å². The molecular weight excluding hydrogens is 363 g/mol. The van der Waals surface area contributed by atoms with Gasteiger partial charge in [-0.2, -0.15) is 13.2 Å². The zero-order valence-electron chi connectivity index (χ0n) is 13.9. The lowest BCUT2D eigenvalue weighted by molar-refractivity contribution is -0.137. The van der Waals surface area contributed by atoms with Crippen LogP contribution in [0, 0.1) is 0 Å². The third-order valence-corrected chi connectivity index (χ3v) is 5.14. The summed E-state index contributed by atoms with van der Waals surface area (Å²) in [5.41, 5.74) is 1.98. The van der Waals surface area contributed by atoms with E-state index in [-0.39, 0.29) is 29.6 Å². The van der Waals surface area contributed by atoms with Crippen molar-refractivity contribution in [2.45, 2.75) is 37.8 Å². The lowest BCUT2D eigenvalue weighted by atomic mass is 9.79. The van der Waals surface area contributed by atoms with E-state index in [9.17, 15) is 18.0 Å². The Morgan fingerprint density at radius 3 is 2.77 bits per heavy atom. The van der Waals surface area contributed by atoms with E-state index in [0.29, 0.717) is 18.4 Å². The van der Waals surface area contributed by atoms with Crippen molar-refractivity contribution < 1.29 is 18.0 Å². The third kappa shape index (κ3) is 3.68. The molecule has 2 aromatic rings. The number of aromatic nitrogens is 1. The summed E-state index contributed by atoms with van der Waals surface area (Å²) in [7, 11) is 0. The smallest absolute Gasteiger partial charge is 0.299 e. The Labute approximate surface area is 154 Å². The Hall–Kier alpha value is -2.14. The van der Waals surface area contributed by atoms with Crippen LogP contribution in [0.25, 0.3) is 5.57 Å². The van der Waals surface area contributed by atoms with Crippen molar-refractivity contribution in [1.29, 1.82) is 0 Å². The summed E-state index contributed by atoms with van der Waals surface area (Å²) in [5.74, 6) is -0.311. The van der Waals surface area contributed by atoms with Crippen molar-refractivity contribution in [3.05, 3.63) is 70.5 Å². The van der Waals surface area contributed by atoms with Gasteiger partial charge in [-0.1, -0.05) is 36.4 Å². The summed E-state index contributed by atoms with van der Waals surface area (Å²) < 4.78 is 38.9. The van der Waals surface area contributed by atoms with Gasteiger partial charge in [0.15, 0.2) is 0 Å². The van der Waals surface area contributed by atoms with Gasteiger partial charge in [0, 0.05) is 18.5 Å². The van der Waals surface area contributed by atoms with Crippen LogP contribution in [0.1, 0.15) is 47.6 Å². The predicted molar refractivity (Wildman–Crippen MR) is 95.0 cm³/mol. The summed E-state index contributed by atoms with van der Waals surface area (Å²) in [6, 6.07) is 7.44. The van der Waals surface area contributed by atoms with Gasteiger partial charge in [0.25, 0.3) is 0 Å². The van der Waals surface area contributed by atoms with E-state index in [2.05, 4.69) is 11.6 Å². The molecule has 1 heterocycles. The minimum Gasteiger partial charge on any atom is -0.299 e. The van der Waals surface area contributed by atoms with Crippen LogP contribution in [0.5, 0.6) is 0 Å². The second-order valence-corrected chi connectivity index (χ2v) is 6.76. The van der Waals surface area contributed by atoms with E-state index in [4.69, 9.17) is 11.6 Å². The zero-order valence-corrected chi connectivity index (χ0v) is 14.7. The number of alkyl halides is 3. The van der Waals surface area contributed by atoms with Gasteiger partial charge < -0.3 is 0 Å². The number of carbonyl (C=O) groups excluding carboxylic acids is 1. The minimum absolute atomic E-state index is 0.0137. The molecule has 1 aromatic heterocycles. The van der Waals surface area contributed by atoms with Crippen LogP contribution < -0.4 is 0 Å². The molecule has 26 heavy (non-hydrogen) atoms. The molecule has 1 aromatic carbocycles. The molecule has 136 valence electrons. The van der Waals surface area contributed by atoms with Crippen molar-refractivity contribution in [2.75, 3.05) is 0 Å². The Balaban J connectivity index is 1.77. The van der Waals surface area contributed by atoms with Crippen LogP contribution >= 0.6 is 11.6 Å². The van der Waals surface area contributed by atoms with Crippen molar-refractivity contribution in [1.82, 2.24) is 4.98 Å². The molecule has 1 unspecified atom stereocenters. The highest BCUT2D eigenvalue weighted by molar-refractivity contribution is 6.32. The van der Waals surface area contributed by atoms with Crippen LogP contribution in [0.3, 0.4) is 0 Å². The van der Waals surface area contributed by atoms with Crippen LogP contribution in [0.15, 0.2) is 43.1 Å². The van der Waals surface area contributed by atoms with Gasteiger partial charge >= 0.3 is 6.18 Å². The molecule has 0 amide bonds. The molecule has 0 fully saturated rings. The SMILES string of the molecule is C=C1CCC(C(=O)CCc2cccc(C(F)(F)F)c2Cl)c2cccnc21. The van der Waals surface area contributed by atoms with E-state index in [1.54, 1.807) is 12.3 Å². The van der Waals surface area contributed by atoms with Crippen molar-refractivity contribution in [2.24, 2.45) is 0 Å². The Kier molecular flexibility index (Phi) is 5.19. The highest BCUT2D eigenvalue weighted by Crippen LogP contribution is 2.39. The number of halogens is 4. The lowest BCUT2D eigenvalue weighted by Crippen LogP contribution is -2.19. The first-order valence-electron chi connectivity index (χ1n) is 8.29. The fourth-order valence-electron chi connectivity index (χ4n) is 3.35. The number of carbonyl (C=O) groups is 1. The van der Waals surface area contributed by atoms with E-state index < -0.39 is 11.7 Å². The molecule has 0 radical (unpaired) electrons. The van der Waals surface area contributed by atoms with Gasteiger partial charge in [0.2, 0.25) is 0 Å². The van der Waals surface area contributed by atoms with E-state index in [0.717, 1.165) is 22.9 Å². The number of Topliss-reactive ketones (excluding diaryl/α,β-unsaturated/α-hetero) is 1. The molecule has 0 bridgehead atoms. The number of pyridine rings is 1. The number of allylic oxidation sites excluding steroid dienone is 1. The molecule has 6 heteroatoms. The van der Waals surface area contributed by atoms with Gasteiger partial charge in [-0.15, -0.1) is 0 Å². The van der Waals surface area contributed by atoms with Crippen molar-refractivity contribution in [3.8, 4) is 0 Å². The summed E-state index contributed by atoms with van der Waals surface area (Å²) in [6.07, 6.45) is -1.21. The van der Waals surface area contributed by atoms with Gasteiger partial charge in [0.1, 0.15) is 5.78 Å². The number of hydrogen-bond acceptors (Lipinski definition) is 2. The molecule has 1 atom stereocenters. The van der Waals surface area contributed by atoms with E-state index in [1.807, 2.05) is 6.07 Å². The molecule has 2 nitrogen and oxygen atoms in total. The fourth-order valence-corrected chi connectivity index (χ4v) is 3.67. The first-order valence-corrected chi connectivity index (χ1v) is 8.67. The van der Waals surface area contributed by atoms with Gasteiger partial charge in [-0.3, -0.25) is 9.78 Å². The third-order valence-electron chi connectivity index (χ3n) is 4.70. The summed E-state index contributed by atoms with van der Waals surface area (Å²) in [6.45, 7) is 3.99. The summed E-state index contributed by atoms with van der Waals surface area (Å²) in [4.78, 5) is 17.0. The lowest BCUT2D eigenvalue weighted by Gasteiger charge is -2.25. The van der Waals surface area contributed by atoms with Crippen molar-refractivity contribution in [3.63, 3.8) is 0 Å². The van der Waals surface area contributed by atoms with E-state index >= 15 is 0 Å². The normalized spacial score (nSPS) is 17.1. The quantitative estimate of drug-likeness (QED) is 0.667. The van der Waals surface area contributed by atoms with Gasteiger partial charge in [-0.25, -0.2) is 0 Å². The number of hydrogen-bond donors (Lipinski definition) is 0. The maximum Gasteiger partial charge on any atom is 0.417 e. The molecule has 0 spiro atoms. The summed E-state index contributed by atoms with van der Waals surface area (Å²) in [5, 5.41) is -0.327. The highest BCUT2D eigenvalue weighted by Gasteiger charge is 2.34. The monoisotopic (exact) mass is 379 g/mol. The Bertz CT molecular complexity index is 860. The molecule has 1 aliphatic rings. The average Bonchev–Trinajstić information content (AvgIpc) is 2.60. The minimum atomic E-state index is -4.51. The zero-order chi connectivity index (χ0) is 18.9. The highest BCUT2D eigenvalue weighted by atomic mass is 35.5. The number of benzene rings is 1. The standard InChI is InChI=1S/C20H17ClF3NO/c1-12-7-9-14(15-5-3-11-25-19(12)15)17(26)10-8-13-4-2-6-16(18(13)21)20(22,23)24/h2-6,11,14H,1,7-10H2. The second kappa shape index (κ2) is 7.23. The molecule has 0 aliphatic heterocycles. The first kappa shape index (κ1) is 18.6. The predicted octanol–water partition coefficient (Wildman–Crippen LogP) is 5.85. The maximum atomic E-state index is 13.0. The molecule has 0 saturated carbocycles. The average molecular weight is 380 g/mol. The first-order chi connectivity index (χ1) is 12.3. The molecule has 1 aliphatic carbocycles. The number of ketones is 1. The number of fused-ring (bicyclic) bond motifs is 1. The largest absolute Gasteiger partial charge is 0.417 e. The number of aryl methyl sites for hydroxylation is 1. The van der Waals surface area contributed by atoms with Crippen LogP contribution in [0.4, 0.5) is 13.2 Å². The maximum absolute atomic E-state index is 13.0. The Morgan fingerprint density at radius 2 is 2.04 bits per heavy atom. The number of rotatable bonds is 4. The van der Waals surface area contributed by atoms with Crippen LogP contribution in [-0.2, 0) is 17.4 Å².